The third-order valence-corrected chi connectivity index (χ3v) is 26.3. The summed E-state index contributed by atoms with van der Waals surface area (Å²) in [5.41, 5.74) is 33.1. The van der Waals surface area contributed by atoms with Crippen LogP contribution in [0.25, 0.3) is 44.1 Å². The Labute approximate surface area is 815 Å². The molecule has 0 spiro atoms. The number of ether oxygens (including phenoxy) is 2. The maximum absolute atomic E-state index is 14.1. The van der Waals surface area contributed by atoms with Gasteiger partial charge in [0.15, 0.2) is 0 Å². The standard InChI is InChI=1S/C30H30N8O.C26H24F3N7O.C25H29N7O3.C23H28N6O2/c31-16-25-27-28(38(18-23-10-5-2-6-11-23)29(25)36-14-7-12-24(32)19-36)30(39)37(21-34-27)20-26-33-13-15-35(26)17-22-8-3-1-4-9-22;27-26(28,29)21-9-8-18(12-32-21)13-35-16-33-22-20(11-30)24(34-10-4-7-19(31)15-34)36(23(22)25(35)37)14-17-5-2-1-3-6-17;26-13-20-22-23(25(34)31(17-28-22)16-21(33)29-9-11-35-12-10-29)32(14-18-5-2-1-3-6-18)24(20)30-8-4-7-19(27)15-30;1-2-31-12-11-28-16-26-20-19(13-24)22(27-10-6-9-18(25)15-27)29(21(20)23(28)30)14-17-7-4-3-5-8-17/h1-6,8-11,13,15,21,24H,7,12,14,17-20,32H2;1-3,5-6,8-9,12,16,19H,4,7,10,13-15,31H2;1-3,5-6,17,19H,4,7-12,14-16,27H2;3-5,7-8,16,18H,2,6,9-12,14-15,25H2,1H3/t24-;2*19-;18-/m0000/s1. The monoisotopic (exact) mass is 1920 g/mol. The van der Waals surface area contributed by atoms with Crippen LogP contribution < -0.4 is 64.8 Å². The Hall–Kier alpha value is -15.7. The van der Waals surface area contributed by atoms with Crippen molar-refractivity contribution in [2.45, 2.75) is 148 Å². The lowest BCUT2D eigenvalue weighted by Crippen LogP contribution is -2.44. The van der Waals surface area contributed by atoms with Crippen LogP contribution in [-0.2, 0) is 79.3 Å². The summed E-state index contributed by atoms with van der Waals surface area (Å²) in [6, 6.07) is 60.8. The summed E-state index contributed by atoms with van der Waals surface area (Å²) in [7, 11) is 0. The molecular weight excluding hydrogens is 1810 g/mol. The second kappa shape index (κ2) is 44.6. The molecule has 5 fully saturated rings. The largest absolute Gasteiger partial charge is 0.433 e. The highest BCUT2D eigenvalue weighted by Crippen LogP contribution is 2.39. The number of nitrogens with zero attached hydrogens (tertiary/aromatic N) is 24. The topological polar surface area (TPSA) is 441 Å². The van der Waals surface area contributed by atoms with Crippen LogP contribution in [0.1, 0.15) is 125 Å². The first kappa shape index (κ1) is 97.9. The molecule has 730 valence electrons. The van der Waals surface area contributed by atoms with Gasteiger partial charge < -0.3 is 79.7 Å². The second-order valence-corrected chi connectivity index (χ2v) is 36.2. The Morgan fingerprint density at radius 2 is 0.739 bits per heavy atom. The fourth-order valence-electron chi connectivity index (χ4n) is 19.5. The molecule has 5 aliphatic heterocycles. The molecule has 1 amide bonds. The molecule has 0 bridgehead atoms. The van der Waals surface area contributed by atoms with Crippen molar-refractivity contribution < 1.29 is 27.4 Å². The number of rotatable bonds is 24. The maximum atomic E-state index is 14.1. The number of alkyl halides is 3. The van der Waals surface area contributed by atoms with Gasteiger partial charge in [-0.1, -0.05) is 158 Å². The molecule has 15 aromatic rings. The number of fused-ring (bicyclic) bond motifs is 4. The van der Waals surface area contributed by atoms with Gasteiger partial charge in [0, 0.05) is 148 Å². The second-order valence-electron chi connectivity index (χ2n) is 36.2. The summed E-state index contributed by atoms with van der Waals surface area (Å²) >= 11 is 0. The summed E-state index contributed by atoms with van der Waals surface area (Å²) in [4.78, 5) is 104. The van der Waals surface area contributed by atoms with Gasteiger partial charge in [-0.3, -0.25) is 47.2 Å². The van der Waals surface area contributed by atoms with E-state index >= 15 is 0 Å². The molecule has 142 heavy (non-hydrogen) atoms. The smallest absolute Gasteiger partial charge is 0.380 e. The number of benzene rings is 5. The zero-order chi connectivity index (χ0) is 99.1. The first-order chi connectivity index (χ1) is 69.1. The number of carbonyl (C=O) groups excluding carboxylic acids is 1. The lowest BCUT2D eigenvalue weighted by atomic mass is 10.1. The number of imidazole rings is 1. The predicted molar refractivity (Wildman–Crippen MR) is 534 cm³/mol. The molecule has 5 aliphatic rings. The number of amides is 1. The minimum atomic E-state index is -4.55. The Kier molecular flexibility index (Phi) is 30.8. The molecule has 15 heterocycles. The van der Waals surface area contributed by atoms with Gasteiger partial charge in [0.05, 0.1) is 64.8 Å². The average molecular weight is 1920 g/mol. The zero-order valence-electron chi connectivity index (χ0n) is 78.9. The first-order valence-corrected chi connectivity index (χ1v) is 47.8. The van der Waals surface area contributed by atoms with Crippen LogP contribution in [0.15, 0.2) is 227 Å². The van der Waals surface area contributed by atoms with E-state index in [0.29, 0.717) is 190 Å². The summed E-state index contributed by atoms with van der Waals surface area (Å²) < 4.78 is 64.9. The summed E-state index contributed by atoms with van der Waals surface area (Å²) in [5, 5.41) is 40.5. The fourth-order valence-corrected chi connectivity index (χ4v) is 19.5. The van der Waals surface area contributed by atoms with Crippen molar-refractivity contribution in [3.8, 4) is 24.3 Å². The number of piperidine rings is 4. The molecule has 5 saturated heterocycles. The average Bonchev–Trinajstić information content (AvgIpc) is 1.60. The first-order valence-electron chi connectivity index (χ1n) is 47.8. The molecule has 0 saturated carbocycles. The Morgan fingerprint density at radius 3 is 1.08 bits per heavy atom. The molecule has 10 aromatic heterocycles. The lowest BCUT2D eigenvalue weighted by Gasteiger charge is -2.33. The van der Waals surface area contributed by atoms with Crippen LogP contribution in [0, 0.1) is 45.3 Å². The number of aromatic nitrogens is 15. The van der Waals surface area contributed by atoms with Crippen LogP contribution >= 0.6 is 0 Å². The molecule has 5 aromatic carbocycles. The normalized spacial score (nSPS) is 16.7. The van der Waals surface area contributed by atoms with Gasteiger partial charge in [-0.2, -0.15) is 34.2 Å². The molecule has 20 rings (SSSR count). The molecule has 0 radical (unpaired) electrons. The minimum Gasteiger partial charge on any atom is -0.380 e. The number of carbonyl (C=O) groups is 1. The Balaban J connectivity index is 0.000000131. The van der Waals surface area contributed by atoms with E-state index in [1.165, 1.54) is 40.5 Å². The van der Waals surface area contributed by atoms with E-state index in [0.717, 1.165) is 129 Å². The van der Waals surface area contributed by atoms with Gasteiger partial charge in [-0.25, -0.2) is 24.9 Å². The van der Waals surface area contributed by atoms with Crippen LogP contribution in [0.4, 0.5) is 36.4 Å². The highest BCUT2D eigenvalue weighted by molar-refractivity contribution is 5.93. The van der Waals surface area contributed by atoms with Crippen molar-refractivity contribution in [2.75, 3.05) is 111 Å². The number of hydrogen-bond donors (Lipinski definition) is 4. The van der Waals surface area contributed by atoms with Crippen molar-refractivity contribution in [3.63, 3.8) is 0 Å². The van der Waals surface area contributed by atoms with Gasteiger partial charge >= 0.3 is 6.18 Å². The molecule has 38 heteroatoms. The van der Waals surface area contributed by atoms with Crippen molar-refractivity contribution in [1.82, 2.24) is 75.9 Å². The third-order valence-electron chi connectivity index (χ3n) is 26.3. The van der Waals surface area contributed by atoms with Crippen molar-refractivity contribution in [2.24, 2.45) is 22.9 Å². The number of nitriles is 4. The van der Waals surface area contributed by atoms with Crippen molar-refractivity contribution in [3.05, 3.63) is 316 Å². The maximum Gasteiger partial charge on any atom is 0.433 e. The van der Waals surface area contributed by atoms with E-state index in [-0.39, 0.29) is 71.9 Å². The SMILES string of the molecule is CCOCCn1cnc2c(C#N)c(N3CCC[C@H](N)C3)n(Cc3ccccc3)c2c1=O.N#Cc1c(N2CCC[C@H](N)C2)n(Cc2ccccc2)c2c(=O)n(CC(=O)N3CCOCC3)cnc12.N#Cc1c(N2CCC[C@H](N)C2)n(Cc2ccccc2)c2c(=O)n(Cc3ccc(C(F)(F)F)nc3)cnc12.N#Cc1c(N2CCC[C@H](N)C2)n(Cc2ccccc2)c2c(=O)n(Cc3nccn3Cc3ccccc3)cnc12. The zero-order valence-corrected chi connectivity index (χ0v) is 78.9. The van der Waals surface area contributed by atoms with Gasteiger partial charge in [0.1, 0.15) is 132 Å². The van der Waals surface area contributed by atoms with E-state index < -0.39 is 17.4 Å². The minimum absolute atomic E-state index is 0.00533. The quantitative estimate of drug-likeness (QED) is 0.0409. The molecule has 8 N–H and O–H groups in total. The van der Waals surface area contributed by atoms with Crippen LogP contribution in [0.5, 0.6) is 0 Å². The summed E-state index contributed by atoms with van der Waals surface area (Å²) in [6.07, 6.45) is 13.3. The highest BCUT2D eigenvalue weighted by atomic mass is 19.4. The van der Waals surface area contributed by atoms with Crippen molar-refractivity contribution >= 4 is 73.3 Å². The number of morpholine rings is 1. The van der Waals surface area contributed by atoms with E-state index in [4.69, 9.17) is 32.4 Å². The van der Waals surface area contributed by atoms with Gasteiger partial charge in [-0.05, 0) is 97.7 Å². The number of nitrogens with two attached hydrogens (primary N) is 4. The van der Waals surface area contributed by atoms with Crippen LogP contribution in [0.2, 0.25) is 0 Å². The fraction of sp³-hybridized carbons (Fsp3) is 0.356. The van der Waals surface area contributed by atoms with Gasteiger partial charge in [-0.15, -0.1) is 0 Å². The van der Waals surface area contributed by atoms with E-state index in [1.54, 1.807) is 20.2 Å². The van der Waals surface area contributed by atoms with E-state index in [2.05, 4.69) is 81.0 Å². The Morgan fingerprint density at radius 1 is 0.408 bits per heavy atom. The Bertz CT molecular complexity index is 7430. The predicted octanol–water partition coefficient (Wildman–Crippen LogP) is 9.83. The summed E-state index contributed by atoms with van der Waals surface area (Å²) in [6.45, 7) is 13.3. The highest BCUT2D eigenvalue weighted by Gasteiger charge is 2.37. The van der Waals surface area contributed by atoms with Gasteiger partial charge in [0.2, 0.25) is 5.91 Å². The number of halogens is 3. The molecule has 0 unspecified atom stereocenters. The number of pyridine rings is 1. The lowest BCUT2D eigenvalue weighted by molar-refractivity contribution is -0.141. The molecule has 35 nitrogen and oxygen atoms in total. The van der Waals surface area contributed by atoms with E-state index in [1.807, 2.05) is 180 Å². The van der Waals surface area contributed by atoms with Gasteiger partial charge in [0.25, 0.3) is 22.2 Å². The van der Waals surface area contributed by atoms with Crippen LogP contribution in [-0.4, -0.2) is 198 Å². The number of hydrogen-bond acceptors (Lipinski definition) is 25. The number of anilines is 4. The van der Waals surface area contributed by atoms with Crippen molar-refractivity contribution in [1.29, 1.82) is 21.0 Å². The molecule has 0 aliphatic carbocycles. The summed E-state index contributed by atoms with van der Waals surface area (Å²) in [5.74, 6) is 3.34. The van der Waals surface area contributed by atoms with E-state index in [9.17, 15) is 58.2 Å². The molecule has 4 atom stereocenters. The van der Waals surface area contributed by atoms with Crippen LogP contribution in [0.3, 0.4) is 0 Å². The molecular formula is C104H111F3N28O7. The third kappa shape index (κ3) is 21.7.